The molecule has 194 valence electrons. The van der Waals surface area contributed by atoms with Crippen LogP contribution in [0.25, 0.3) is 0 Å². The van der Waals surface area contributed by atoms with Gasteiger partial charge >= 0.3 is 6.03 Å². The van der Waals surface area contributed by atoms with Gasteiger partial charge < -0.3 is 20.5 Å². The van der Waals surface area contributed by atoms with Crippen molar-refractivity contribution >= 4 is 35.1 Å². The zero-order chi connectivity index (χ0) is 27.2. The standard InChI is InChI=1S/C29H26ClN3O5/c1-3-19-9-14-24(23(30)17-19)31-27(35)26(18(2)20-7-5-4-6-8-20)33-28(36)25(32-29(33)37)21-10-12-22(13-11-21)38-16-15-34/h1,4-14,17-18,25-26,34H,15-16H2,2H3,(H,31,35)(H,32,37)/t18-,25+,26-/m0/s1. The van der Waals surface area contributed by atoms with Gasteiger partial charge in [-0.05, 0) is 41.5 Å². The van der Waals surface area contributed by atoms with Crippen molar-refractivity contribution in [1.29, 1.82) is 0 Å². The molecule has 3 N–H and O–H groups in total. The molecule has 0 radical (unpaired) electrons. The summed E-state index contributed by atoms with van der Waals surface area (Å²) in [5, 5.41) is 14.6. The number of halogens is 1. The Morgan fingerprint density at radius 2 is 1.87 bits per heavy atom. The third-order valence-corrected chi connectivity index (χ3v) is 6.60. The number of nitrogens with one attached hydrogen (secondary N) is 2. The second kappa shape index (κ2) is 11.8. The molecule has 3 atom stereocenters. The molecular formula is C29H26ClN3O5. The van der Waals surface area contributed by atoms with E-state index in [2.05, 4.69) is 16.6 Å². The Labute approximate surface area is 225 Å². The van der Waals surface area contributed by atoms with Gasteiger partial charge in [0.25, 0.3) is 5.91 Å². The molecule has 1 heterocycles. The van der Waals surface area contributed by atoms with Crippen LogP contribution in [0.4, 0.5) is 10.5 Å². The number of carbonyl (C=O) groups is 3. The number of aliphatic hydroxyl groups is 1. The molecule has 1 fully saturated rings. The van der Waals surface area contributed by atoms with Crippen LogP contribution in [0.3, 0.4) is 0 Å². The maximum atomic E-state index is 13.7. The van der Waals surface area contributed by atoms with E-state index in [1.54, 1.807) is 49.4 Å². The summed E-state index contributed by atoms with van der Waals surface area (Å²) in [7, 11) is 0. The Morgan fingerprint density at radius 1 is 1.16 bits per heavy atom. The number of amides is 4. The van der Waals surface area contributed by atoms with Crippen molar-refractivity contribution in [3.63, 3.8) is 0 Å². The highest BCUT2D eigenvalue weighted by molar-refractivity contribution is 6.34. The van der Waals surface area contributed by atoms with Crippen LogP contribution in [0.1, 0.15) is 35.6 Å². The van der Waals surface area contributed by atoms with Crippen molar-refractivity contribution < 1.29 is 24.2 Å². The number of urea groups is 1. The van der Waals surface area contributed by atoms with E-state index in [-0.39, 0.29) is 18.2 Å². The Balaban J connectivity index is 1.64. The maximum absolute atomic E-state index is 13.7. The second-order valence-corrected chi connectivity index (χ2v) is 9.11. The van der Waals surface area contributed by atoms with Crippen molar-refractivity contribution in [3.05, 3.63) is 94.5 Å². The molecule has 1 aliphatic rings. The Hall–Kier alpha value is -4.32. The predicted octanol–water partition coefficient (Wildman–Crippen LogP) is 4.10. The van der Waals surface area contributed by atoms with Gasteiger partial charge in [0.1, 0.15) is 24.4 Å². The van der Waals surface area contributed by atoms with E-state index in [0.717, 1.165) is 10.5 Å². The quantitative estimate of drug-likeness (QED) is 0.285. The summed E-state index contributed by atoms with van der Waals surface area (Å²) < 4.78 is 5.37. The largest absolute Gasteiger partial charge is 0.491 e. The number of anilines is 1. The van der Waals surface area contributed by atoms with Gasteiger partial charge in [0.15, 0.2) is 0 Å². The summed E-state index contributed by atoms with van der Waals surface area (Å²) in [5.41, 5.74) is 2.16. The van der Waals surface area contributed by atoms with E-state index in [4.69, 9.17) is 27.9 Å². The first-order valence-electron chi connectivity index (χ1n) is 11.9. The highest BCUT2D eigenvalue weighted by Crippen LogP contribution is 2.32. The summed E-state index contributed by atoms with van der Waals surface area (Å²) in [6, 6.07) is 17.7. The van der Waals surface area contributed by atoms with Crippen molar-refractivity contribution in [2.45, 2.75) is 24.9 Å². The Morgan fingerprint density at radius 3 is 2.50 bits per heavy atom. The lowest BCUT2D eigenvalue weighted by molar-refractivity contribution is -0.134. The van der Waals surface area contributed by atoms with E-state index in [1.807, 2.05) is 30.3 Å². The Kier molecular flexibility index (Phi) is 8.31. The molecule has 0 unspecified atom stereocenters. The third-order valence-electron chi connectivity index (χ3n) is 6.28. The summed E-state index contributed by atoms with van der Waals surface area (Å²) in [6.07, 6.45) is 5.42. The number of hydrogen-bond donors (Lipinski definition) is 3. The first-order chi connectivity index (χ1) is 18.3. The maximum Gasteiger partial charge on any atom is 0.325 e. The lowest BCUT2D eigenvalue weighted by Crippen LogP contribution is -2.50. The molecule has 1 aliphatic heterocycles. The minimum absolute atomic E-state index is 0.129. The number of hydrogen-bond acceptors (Lipinski definition) is 5. The molecule has 3 aromatic carbocycles. The number of aliphatic hydroxyl groups excluding tert-OH is 1. The van der Waals surface area contributed by atoms with Crippen molar-refractivity contribution in [2.24, 2.45) is 0 Å². The molecule has 4 amide bonds. The molecule has 3 aromatic rings. The summed E-state index contributed by atoms with van der Waals surface area (Å²) in [5.74, 6) is 1.32. The zero-order valence-corrected chi connectivity index (χ0v) is 21.3. The van der Waals surface area contributed by atoms with Gasteiger partial charge in [-0.1, -0.05) is 66.9 Å². The summed E-state index contributed by atoms with van der Waals surface area (Å²) in [4.78, 5) is 41.4. The summed E-state index contributed by atoms with van der Waals surface area (Å²) in [6.45, 7) is 1.79. The van der Waals surface area contributed by atoms with Crippen LogP contribution in [0.2, 0.25) is 5.02 Å². The van der Waals surface area contributed by atoms with Gasteiger partial charge in [-0.2, -0.15) is 0 Å². The molecule has 4 rings (SSSR count). The highest BCUT2D eigenvalue weighted by atomic mass is 35.5. The van der Waals surface area contributed by atoms with Gasteiger partial charge in [-0.15, -0.1) is 6.42 Å². The normalized spacial score (nSPS) is 16.4. The molecular weight excluding hydrogens is 506 g/mol. The van der Waals surface area contributed by atoms with Crippen LogP contribution in [0, 0.1) is 12.3 Å². The van der Waals surface area contributed by atoms with Crippen LogP contribution in [-0.4, -0.2) is 47.1 Å². The van der Waals surface area contributed by atoms with E-state index in [9.17, 15) is 14.4 Å². The van der Waals surface area contributed by atoms with E-state index >= 15 is 0 Å². The zero-order valence-electron chi connectivity index (χ0n) is 20.6. The van der Waals surface area contributed by atoms with Crippen molar-refractivity contribution in [3.8, 4) is 18.1 Å². The van der Waals surface area contributed by atoms with Gasteiger partial charge in [-0.3, -0.25) is 9.59 Å². The predicted molar refractivity (Wildman–Crippen MR) is 144 cm³/mol. The lowest BCUT2D eigenvalue weighted by atomic mass is 9.91. The van der Waals surface area contributed by atoms with E-state index in [0.29, 0.717) is 22.6 Å². The molecule has 0 bridgehead atoms. The molecule has 0 aliphatic carbocycles. The first-order valence-corrected chi connectivity index (χ1v) is 12.3. The van der Waals surface area contributed by atoms with Crippen LogP contribution in [0.5, 0.6) is 5.75 Å². The fraction of sp³-hybridized carbons (Fsp3) is 0.207. The SMILES string of the molecule is C#Cc1ccc(NC(=O)[C@H]([C@@H](C)c2ccccc2)N2C(=O)N[C@H](c3ccc(OCCO)cc3)C2=O)c(Cl)c1. The average Bonchev–Trinajstić information content (AvgIpc) is 3.22. The van der Waals surface area contributed by atoms with Crippen LogP contribution in [0.15, 0.2) is 72.8 Å². The fourth-order valence-corrected chi connectivity index (χ4v) is 4.55. The Bertz CT molecular complexity index is 1370. The molecule has 0 saturated carbocycles. The van der Waals surface area contributed by atoms with Gasteiger partial charge in [-0.25, -0.2) is 9.69 Å². The van der Waals surface area contributed by atoms with Crippen molar-refractivity contribution in [2.75, 3.05) is 18.5 Å². The number of imide groups is 1. The minimum atomic E-state index is -1.18. The van der Waals surface area contributed by atoms with E-state index < -0.39 is 35.8 Å². The monoisotopic (exact) mass is 531 g/mol. The molecule has 38 heavy (non-hydrogen) atoms. The lowest BCUT2D eigenvalue weighted by Gasteiger charge is -2.30. The number of benzene rings is 3. The topological polar surface area (TPSA) is 108 Å². The van der Waals surface area contributed by atoms with Crippen molar-refractivity contribution in [1.82, 2.24) is 10.2 Å². The molecule has 0 spiro atoms. The minimum Gasteiger partial charge on any atom is -0.491 e. The number of rotatable bonds is 9. The van der Waals surface area contributed by atoms with Crippen LogP contribution >= 0.6 is 11.6 Å². The smallest absolute Gasteiger partial charge is 0.325 e. The number of nitrogens with zero attached hydrogens (tertiary/aromatic N) is 1. The number of terminal acetylenes is 1. The number of carbonyl (C=O) groups excluding carboxylic acids is 3. The van der Waals surface area contributed by atoms with Gasteiger partial charge in [0, 0.05) is 11.5 Å². The molecule has 9 heteroatoms. The summed E-state index contributed by atoms with van der Waals surface area (Å²) >= 11 is 6.32. The highest BCUT2D eigenvalue weighted by Gasteiger charge is 2.47. The van der Waals surface area contributed by atoms with Gasteiger partial charge in [0.05, 0.1) is 17.3 Å². The van der Waals surface area contributed by atoms with Crippen LogP contribution < -0.4 is 15.4 Å². The molecule has 0 aromatic heterocycles. The number of ether oxygens (including phenoxy) is 1. The fourth-order valence-electron chi connectivity index (χ4n) is 4.32. The van der Waals surface area contributed by atoms with E-state index in [1.165, 1.54) is 0 Å². The van der Waals surface area contributed by atoms with Crippen LogP contribution in [-0.2, 0) is 9.59 Å². The first kappa shape index (κ1) is 26.7. The average molecular weight is 532 g/mol. The molecule has 1 saturated heterocycles. The second-order valence-electron chi connectivity index (χ2n) is 8.70. The van der Waals surface area contributed by atoms with Gasteiger partial charge in [0.2, 0.25) is 5.91 Å². The molecule has 8 nitrogen and oxygen atoms in total. The third kappa shape index (κ3) is 5.65.